The number of para-hydroxylation sites is 1. The minimum Gasteiger partial charge on any atom is -0.462 e. The van der Waals surface area contributed by atoms with Gasteiger partial charge in [-0.3, -0.25) is 4.79 Å². The average molecular weight is 408 g/mol. The van der Waals surface area contributed by atoms with Crippen LogP contribution in [0.5, 0.6) is 5.75 Å². The van der Waals surface area contributed by atoms with Crippen molar-refractivity contribution in [1.82, 2.24) is 4.57 Å². The molecule has 3 aromatic rings. The van der Waals surface area contributed by atoms with Crippen LogP contribution < -0.4 is 16.0 Å². The molecule has 2 aromatic heterocycles. The minimum atomic E-state index is -0.607. The zero-order valence-electron chi connectivity index (χ0n) is 15.9. The Morgan fingerprint density at radius 2 is 2.21 bits per heavy atom. The molecule has 0 fully saturated rings. The van der Waals surface area contributed by atoms with Crippen LogP contribution in [-0.2, 0) is 22.5 Å². The van der Waals surface area contributed by atoms with Gasteiger partial charge >= 0.3 is 5.97 Å². The number of aromatic nitrogens is 1. The third-order valence-corrected chi connectivity index (χ3v) is 6.50. The number of carbonyl (C=O) groups excluding carboxylic acids is 1. The molecule has 5 rings (SSSR count). The number of fused-ring (bicyclic) bond motifs is 2. The van der Waals surface area contributed by atoms with Crippen molar-refractivity contribution < 1.29 is 14.3 Å². The molecule has 1 aromatic carbocycles. The van der Waals surface area contributed by atoms with E-state index in [1.165, 1.54) is 11.3 Å². The van der Waals surface area contributed by atoms with Crippen molar-refractivity contribution in [2.45, 2.75) is 32.2 Å². The van der Waals surface area contributed by atoms with Crippen molar-refractivity contribution in [3.8, 4) is 5.75 Å². The van der Waals surface area contributed by atoms with Crippen LogP contribution >= 0.6 is 11.3 Å². The summed E-state index contributed by atoms with van der Waals surface area (Å²) < 4.78 is 13.0. The molecule has 0 radical (unpaired) electrons. The molecule has 0 amide bonds. The summed E-state index contributed by atoms with van der Waals surface area (Å²) in [4.78, 5) is 27.3. The topological polar surface area (TPSA) is 83.6 Å². The van der Waals surface area contributed by atoms with E-state index < -0.39 is 11.9 Å². The molecule has 0 aliphatic carbocycles. The summed E-state index contributed by atoms with van der Waals surface area (Å²) in [6.07, 6.45) is 1.82. The van der Waals surface area contributed by atoms with Crippen molar-refractivity contribution in [1.29, 1.82) is 0 Å². The fourth-order valence-corrected chi connectivity index (χ4v) is 5.25. The Morgan fingerprint density at radius 3 is 2.97 bits per heavy atom. The molecular weight excluding hydrogens is 388 g/mol. The highest BCUT2D eigenvalue weighted by molar-refractivity contribution is 7.10. The summed E-state index contributed by atoms with van der Waals surface area (Å²) in [5, 5.41) is 2.77. The first-order chi connectivity index (χ1) is 14.1. The standard InChI is InChI=1S/C22H20N2O4S/c1-2-27-22(26)17-15(14-9-5-11-29-14)16-19(28-20(17)23)13-8-3-6-12-7-4-10-24(18(12)13)21(16)25/h3,5-6,8-9,11,15H,2,4,7,10,23H2,1H3. The third-order valence-electron chi connectivity index (χ3n) is 5.56. The van der Waals surface area contributed by atoms with Gasteiger partial charge in [-0.25, -0.2) is 4.79 Å². The summed E-state index contributed by atoms with van der Waals surface area (Å²) in [5.74, 6) is -0.714. The van der Waals surface area contributed by atoms with E-state index in [1.54, 1.807) is 6.92 Å². The van der Waals surface area contributed by atoms with Gasteiger partial charge < -0.3 is 19.8 Å². The van der Waals surface area contributed by atoms with Crippen LogP contribution in [0.15, 0.2) is 52.0 Å². The molecule has 4 heterocycles. The Morgan fingerprint density at radius 1 is 1.34 bits per heavy atom. The molecular formula is C22H20N2O4S. The molecule has 7 heteroatoms. The Hall–Kier alpha value is -3.06. The maximum Gasteiger partial charge on any atom is 0.340 e. The van der Waals surface area contributed by atoms with Crippen LogP contribution in [0.1, 0.15) is 35.3 Å². The zero-order chi connectivity index (χ0) is 20.1. The number of hydrogen-bond acceptors (Lipinski definition) is 6. The smallest absolute Gasteiger partial charge is 0.340 e. The van der Waals surface area contributed by atoms with Gasteiger partial charge in [0.2, 0.25) is 5.88 Å². The van der Waals surface area contributed by atoms with Crippen LogP contribution in [0, 0.1) is 0 Å². The molecule has 1 unspecified atom stereocenters. The van der Waals surface area contributed by atoms with Gasteiger partial charge in [-0.15, -0.1) is 11.3 Å². The molecule has 0 bridgehead atoms. The molecule has 29 heavy (non-hydrogen) atoms. The number of ether oxygens (including phenoxy) is 2. The summed E-state index contributed by atoms with van der Waals surface area (Å²) >= 11 is 1.48. The lowest BCUT2D eigenvalue weighted by Gasteiger charge is -2.30. The highest BCUT2D eigenvalue weighted by atomic mass is 32.1. The monoisotopic (exact) mass is 408 g/mol. The second-order valence-corrected chi connectivity index (χ2v) is 8.14. The van der Waals surface area contributed by atoms with E-state index in [1.807, 2.05) is 40.3 Å². The number of benzene rings is 1. The molecule has 0 saturated carbocycles. The van der Waals surface area contributed by atoms with Gasteiger partial charge in [0, 0.05) is 16.8 Å². The Balaban J connectivity index is 1.87. The van der Waals surface area contributed by atoms with Crippen LogP contribution in [0.4, 0.5) is 0 Å². The number of carbonyl (C=O) groups is 1. The first kappa shape index (κ1) is 18.0. The normalized spacial score (nSPS) is 17.8. The van der Waals surface area contributed by atoms with Crippen LogP contribution in [0.2, 0.25) is 0 Å². The van der Waals surface area contributed by atoms with Crippen LogP contribution in [0.25, 0.3) is 10.9 Å². The predicted molar refractivity (Wildman–Crippen MR) is 111 cm³/mol. The van der Waals surface area contributed by atoms with Crippen LogP contribution in [-0.4, -0.2) is 17.1 Å². The Bertz CT molecular complexity index is 1220. The lowest BCUT2D eigenvalue weighted by atomic mass is 9.86. The second-order valence-electron chi connectivity index (χ2n) is 7.17. The van der Waals surface area contributed by atoms with E-state index in [2.05, 4.69) is 0 Å². The predicted octanol–water partition coefficient (Wildman–Crippen LogP) is 3.27. The minimum absolute atomic E-state index is 0.00439. The maximum atomic E-state index is 13.7. The van der Waals surface area contributed by atoms with Crippen molar-refractivity contribution in [3.05, 3.63) is 73.5 Å². The number of nitrogens with zero attached hydrogens (tertiary/aromatic N) is 1. The molecule has 2 aliphatic rings. The summed E-state index contributed by atoms with van der Waals surface area (Å²) in [6.45, 7) is 2.59. The summed E-state index contributed by atoms with van der Waals surface area (Å²) in [6, 6.07) is 9.78. The van der Waals surface area contributed by atoms with E-state index in [9.17, 15) is 9.59 Å². The highest BCUT2D eigenvalue weighted by Crippen LogP contribution is 2.46. The highest BCUT2D eigenvalue weighted by Gasteiger charge is 2.40. The molecule has 2 aliphatic heterocycles. The van der Waals surface area contributed by atoms with Gasteiger partial charge in [-0.2, -0.15) is 0 Å². The van der Waals surface area contributed by atoms with Crippen molar-refractivity contribution >= 4 is 28.2 Å². The molecule has 6 nitrogen and oxygen atoms in total. The molecule has 148 valence electrons. The van der Waals surface area contributed by atoms with E-state index in [0.29, 0.717) is 17.9 Å². The summed E-state index contributed by atoms with van der Waals surface area (Å²) in [5.41, 5.74) is 8.78. The van der Waals surface area contributed by atoms with Crippen molar-refractivity contribution in [2.75, 3.05) is 6.61 Å². The number of pyridine rings is 1. The lowest BCUT2D eigenvalue weighted by molar-refractivity contribution is -0.139. The number of rotatable bonds is 3. The fourth-order valence-electron chi connectivity index (χ4n) is 4.41. The summed E-state index contributed by atoms with van der Waals surface area (Å²) in [7, 11) is 0. The fraction of sp³-hybridized carbons (Fsp3) is 0.273. The van der Waals surface area contributed by atoms with Gasteiger partial charge in [0.25, 0.3) is 5.56 Å². The Labute approximate surface area is 171 Å². The maximum absolute atomic E-state index is 13.7. The first-order valence-electron chi connectivity index (χ1n) is 9.68. The van der Waals surface area contributed by atoms with E-state index in [-0.39, 0.29) is 23.6 Å². The zero-order valence-corrected chi connectivity index (χ0v) is 16.8. The number of hydrogen-bond donors (Lipinski definition) is 1. The van der Waals surface area contributed by atoms with E-state index in [4.69, 9.17) is 15.2 Å². The number of thiophene rings is 1. The quantitative estimate of drug-likeness (QED) is 0.673. The van der Waals surface area contributed by atoms with Gasteiger partial charge in [0.1, 0.15) is 11.3 Å². The average Bonchev–Trinajstić information content (AvgIpc) is 3.25. The SMILES string of the molecule is CCOC(=O)C1=C(N)Oc2c(c(=O)n3c4c(cccc24)CCC3)C1c1cccs1. The molecule has 2 N–H and O–H groups in total. The van der Waals surface area contributed by atoms with Gasteiger partial charge in [-0.05, 0) is 42.8 Å². The molecule has 1 atom stereocenters. The molecule has 0 saturated heterocycles. The van der Waals surface area contributed by atoms with Gasteiger partial charge in [-0.1, -0.05) is 18.2 Å². The first-order valence-corrected chi connectivity index (χ1v) is 10.6. The third kappa shape index (κ3) is 2.61. The van der Waals surface area contributed by atoms with Gasteiger partial charge in [0.15, 0.2) is 0 Å². The Kier molecular flexibility index (Phi) is 4.20. The second kappa shape index (κ2) is 6.77. The van der Waals surface area contributed by atoms with Crippen LogP contribution in [0.3, 0.4) is 0 Å². The van der Waals surface area contributed by atoms with Crippen molar-refractivity contribution in [2.24, 2.45) is 5.73 Å². The largest absolute Gasteiger partial charge is 0.462 e. The number of esters is 1. The van der Waals surface area contributed by atoms with E-state index >= 15 is 0 Å². The van der Waals surface area contributed by atoms with E-state index in [0.717, 1.165) is 34.2 Å². The number of aryl methyl sites for hydroxylation is 2. The molecule has 0 spiro atoms. The van der Waals surface area contributed by atoms with Gasteiger partial charge in [0.05, 0.1) is 23.6 Å². The number of nitrogens with two attached hydrogens (primary N) is 1. The van der Waals surface area contributed by atoms with Crippen molar-refractivity contribution in [3.63, 3.8) is 0 Å². The lowest BCUT2D eigenvalue weighted by Crippen LogP contribution is -2.35.